The van der Waals surface area contributed by atoms with Gasteiger partial charge in [-0.05, 0) is 19.1 Å². The molecule has 0 bridgehead atoms. The number of para-hydroxylation sites is 1. The standard InChI is InChI=1S/C11H16N2O5S/c1-3-12(7-8-14)9-5-4-6-10(19(2,17)18)11(9)13(15)16/h4-6,14H,3,7-8H2,1-2H3. The van der Waals surface area contributed by atoms with Crippen LogP contribution in [0.25, 0.3) is 0 Å². The molecular weight excluding hydrogens is 272 g/mol. The molecule has 0 unspecified atom stereocenters. The molecule has 0 atom stereocenters. The second-order valence-electron chi connectivity index (χ2n) is 3.96. The lowest BCUT2D eigenvalue weighted by molar-refractivity contribution is -0.387. The maximum atomic E-state index is 11.6. The molecule has 0 radical (unpaired) electrons. The highest BCUT2D eigenvalue weighted by Gasteiger charge is 2.28. The molecule has 0 aliphatic rings. The third kappa shape index (κ3) is 3.42. The lowest BCUT2D eigenvalue weighted by Crippen LogP contribution is -2.27. The van der Waals surface area contributed by atoms with Crippen LogP contribution in [0.15, 0.2) is 23.1 Å². The first kappa shape index (κ1) is 15.4. The molecule has 0 heterocycles. The number of hydrogen-bond donors (Lipinski definition) is 1. The third-order valence-electron chi connectivity index (χ3n) is 2.65. The maximum absolute atomic E-state index is 11.6. The van der Waals surface area contributed by atoms with E-state index in [1.54, 1.807) is 11.8 Å². The van der Waals surface area contributed by atoms with Gasteiger partial charge < -0.3 is 10.0 Å². The van der Waals surface area contributed by atoms with E-state index in [1.165, 1.54) is 18.2 Å². The van der Waals surface area contributed by atoms with Crippen LogP contribution >= 0.6 is 0 Å². The van der Waals surface area contributed by atoms with Crippen LogP contribution in [-0.4, -0.2) is 44.4 Å². The molecule has 1 aromatic rings. The van der Waals surface area contributed by atoms with Gasteiger partial charge in [-0.2, -0.15) is 0 Å². The van der Waals surface area contributed by atoms with Crippen molar-refractivity contribution >= 4 is 21.2 Å². The number of likely N-dealkylation sites (N-methyl/N-ethyl adjacent to an activating group) is 1. The fourth-order valence-electron chi connectivity index (χ4n) is 1.82. The minimum absolute atomic E-state index is 0.173. The molecular formula is C11H16N2O5S. The van der Waals surface area contributed by atoms with Gasteiger partial charge in [0.15, 0.2) is 9.84 Å². The van der Waals surface area contributed by atoms with Crippen molar-refractivity contribution in [2.75, 3.05) is 30.9 Å². The Morgan fingerprint density at radius 3 is 2.47 bits per heavy atom. The van der Waals surface area contributed by atoms with Gasteiger partial charge in [0.25, 0.3) is 0 Å². The van der Waals surface area contributed by atoms with E-state index in [4.69, 9.17) is 5.11 Å². The Hall–Kier alpha value is -1.67. The molecule has 0 aliphatic heterocycles. The summed E-state index contributed by atoms with van der Waals surface area (Å²) in [5.74, 6) is 0. The lowest BCUT2D eigenvalue weighted by atomic mass is 10.2. The molecule has 106 valence electrons. The average Bonchev–Trinajstić information content (AvgIpc) is 2.33. The van der Waals surface area contributed by atoms with Crippen molar-refractivity contribution in [3.05, 3.63) is 28.3 Å². The Morgan fingerprint density at radius 2 is 2.05 bits per heavy atom. The fourth-order valence-corrected chi connectivity index (χ4v) is 2.67. The van der Waals surface area contributed by atoms with Crippen molar-refractivity contribution in [1.82, 2.24) is 0 Å². The first-order valence-electron chi connectivity index (χ1n) is 5.66. The highest BCUT2D eigenvalue weighted by molar-refractivity contribution is 7.90. The van der Waals surface area contributed by atoms with E-state index in [-0.39, 0.29) is 23.7 Å². The molecule has 0 aliphatic carbocycles. The smallest absolute Gasteiger partial charge is 0.311 e. The highest BCUT2D eigenvalue weighted by Crippen LogP contribution is 2.34. The molecule has 0 aromatic heterocycles. The number of nitro groups is 1. The number of anilines is 1. The molecule has 0 saturated carbocycles. The van der Waals surface area contributed by atoms with E-state index in [1.807, 2.05) is 0 Å². The second kappa shape index (κ2) is 5.98. The number of aliphatic hydroxyl groups is 1. The Labute approximate surface area is 111 Å². The van der Waals surface area contributed by atoms with E-state index in [9.17, 15) is 18.5 Å². The van der Waals surface area contributed by atoms with E-state index in [0.717, 1.165) is 6.26 Å². The van der Waals surface area contributed by atoms with Crippen molar-refractivity contribution in [2.24, 2.45) is 0 Å². The summed E-state index contributed by atoms with van der Waals surface area (Å²) in [4.78, 5) is 11.7. The largest absolute Gasteiger partial charge is 0.395 e. The lowest BCUT2D eigenvalue weighted by Gasteiger charge is -2.22. The minimum Gasteiger partial charge on any atom is -0.395 e. The van der Waals surface area contributed by atoms with Crippen LogP contribution in [0.2, 0.25) is 0 Å². The zero-order valence-electron chi connectivity index (χ0n) is 10.7. The van der Waals surface area contributed by atoms with Gasteiger partial charge in [0, 0.05) is 19.3 Å². The first-order chi connectivity index (χ1) is 8.82. The van der Waals surface area contributed by atoms with Gasteiger partial charge in [-0.15, -0.1) is 0 Å². The Kier molecular flexibility index (Phi) is 4.84. The summed E-state index contributed by atoms with van der Waals surface area (Å²) in [6, 6.07) is 4.15. The summed E-state index contributed by atoms with van der Waals surface area (Å²) < 4.78 is 23.2. The predicted molar refractivity (Wildman–Crippen MR) is 71.2 cm³/mol. The van der Waals surface area contributed by atoms with Gasteiger partial charge in [-0.3, -0.25) is 10.1 Å². The summed E-state index contributed by atoms with van der Waals surface area (Å²) in [5.41, 5.74) is -0.246. The Morgan fingerprint density at radius 1 is 1.42 bits per heavy atom. The first-order valence-corrected chi connectivity index (χ1v) is 7.55. The monoisotopic (exact) mass is 288 g/mol. The maximum Gasteiger partial charge on any atom is 0.311 e. The van der Waals surface area contributed by atoms with E-state index in [2.05, 4.69) is 0 Å². The summed E-state index contributed by atoms with van der Waals surface area (Å²) in [5, 5.41) is 20.1. The third-order valence-corrected chi connectivity index (χ3v) is 3.78. The number of rotatable bonds is 6. The Balaban J connectivity index is 3.53. The molecule has 8 heteroatoms. The van der Waals surface area contributed by atoms with Crippen LogP contribution in [0.4, 0.5) is 11.4 Å². The number of aliphatic hydroxyl groups excluding tert-OH is 1. The number of nitro benzene ring substituents is 1. The van der Waals surface area contributed by atoms with Crippen LogP contribution < -0.4 is 4.90 Å². The van der Waals surface area contributed by atoms with Crippen LogP contribution in [-0.2, 0) is 9.84 Å². The molecule has 7 nitrogen and oxygen atoms in total. The number of sulfone groups is 1. The summed E-state index contributed by atoms with van der Waals surface area (Å²) >= 11 is 0. The minimum atomic E-state index is -3.69. The summed E-state index contributed by atoms with van der Waals surface area (Å²) in [7, 11) is -3.69. The van der Waals surface area contributed by atoms with Gasteiger partial charge >= 0.3 is 5.69 Å². The number of hydrogen-bond acceptors (Lipinski definition) is 6. The molecule has 19 heavy (non-hydrogen) atoms. The van der Waals surface area contributed by atoms with Crippen molar-refractivity contribution in [3.63, 3.8) is 0 Å². The molecule has 1 aromatic carbocycles. The summed E-state index contributed by atoms with van der Waals surface area (Å²) in [6.07, 6.45) is 0.932. The average molecular weight is 288 g/mol. The van der Waals surface area contributed by atoms with Crippen molar-refractivity contribution in [1.29, 1.82) is 0 Å². The zero-order chi connectivity index (χ0) is 14.6. The van der Waals surface area contributed by atoms with Crippen molar-refractivity contribution in [2.45, 2.75) is 11.8 Å². The van der Waals surface area contributed by atoms with Gasteiger partial charge in [0.2, 0.25) is 0 Å². The molecule has 0 amide bonds. The van der Waals surface area contributed by atoms with Crippen LogP contribution in [0.3, 0.4) is 0 Å². The SMILES string of the molecule is CCN(CCO)c1cccc(S(C)(=O)=O)c1[N+](=O)[O-]. The molecule has 0 fully saturated rings. The predicted octanol–water partition coefficient (Wildman–Crippen LogP) is 0.817. The van der Waals surface area contributed by atoms with Crippen molar-refractivity contribution < 1.29 is 18.4 Å². The van der Waals surface area contributed by atoms with Gasteiger partial charge in [-0.1, -0.05) is 6.07 Å². The Bertz CT molecular complexity index is 570. The summed E-state index contributed by atoms with van der Waals surface area (Å²) in [6.45, 7) is 2.22. The van der Waals surface area contributed by atoms with Crippen LogP contribution in [0.1, 0.15) is 6.92 Å². The normalized spacial score (nSPS) is 11.3. The van der Waals surface area contributed by atoms with E-state index < -0.39 is 20.4 Å². The van der Waals surface area contributed by atoms with Gasteiger partial charge in [0.1, 0.15) is 10.6 Å². The fraction of sp³-hybridized carbons (Fsp3) is 0.455. The zero-order valence-corrected chi connectivity index (χ0v) is 11.6. The van der Waals surface area contributed by atoms with Crippen molar-refractivity contribution in [3.8, 4) is 0 Å². The molecule has 0 saturated heterocycles. The number of benzene rings is 1. The highest BCUT2D eigenvalue weighted by atomic mass is 32.2. The van der Waals surface area contributed by atoms with Crippen LogP contribution in [0.5, 0.6) is 0 Å². The topological polar surface area (TPSA) is 101 Å². The molecule has 1 rings (SSSR count). The van der Waals surface area contributed by atoms with Gasteiger partial charge in [-0.25, -0.2) is 8.42 Å². The quantitative estimate of drug-likeness (QED) is 0.614. The van der Waals surface area contributed by atoms with Gasteiger partial charge in [0.05, 0.1) is 11.5 Å². The molecule has 0 spiro atoms. The van der Waals surface area contributed by atoms with E-state index >= 15 is 0 Å². The molecule has 1 N–H and O–H groups in total. The van der Waals surface area contributed by atoms with Crippen LogP contribution in [0, 0.1) is 10.1 Å². The second-order valence-corrected chi connectivity index (χ2v) is 5.94. The van der Waals surface area contributed by atoms with E-state index in [0.29, 0.717) is 6.54 Å². The number of nitrogens with zero attached hydrogens (tertiary/aromatic N) is 2.